The fraction of sp³-hybridized carbons (Fsp3) is 0.571. The normalized spacial score (nSPS) is 21.7. The van der Waals surface area contributed by atoms with Crippen molar-refractivity contribution in [1.29, 1.82) is 0 Å². The van der Waals surface area contributed by atoms with Crippen LogP contribution in [0.4, 0.5) is 0 Å². The zero-order chi connectivity index (χ0) is 13.5. The molecule has 1 aromatic rings. The van der Waals surface area contributed by atoms with Crippen LogP contribution in [0.15, 0.2) is 11.4 Å². The molecule has 1 N–H and O–H groups in total. The van der Waals surface area contributed by atoms with Crippen LogP contribution >= 0.6 is 11.3 Å². The van der Waals surface area contributed by atoms with Gasteiger partial charge >= 0.3 is 0 Å². The van der Waals surface area contributed by atoms with E-state index in [1.807, 2.05) is 23.3 Å². The van der Waals surface area contributed by atoms with E-state index >= 15 is 0 Å². The molecule has 1 aromatic heterocycles. The van der Waals surface area contributed by atoms with E-state index in [0.29, 0.717) is 6.42 Å². The van der Waals surface area contributed by atoms with Gasteiger partial charge in [-0.3, -0.25) is 9.59 Å². The number of piperidine rings is 1. The van der Waals surface area contributed by atoms with Gasteiger partial charge in [0.05, 0.1) is 4.88 Å². The maximum Gasteiger partial charge on any atom is 0.264 e. The largest absolute Gasteiger partial charge is 0.356 e. The van der Waals surface area contributed by atoms with E-state index in [1.54, 1.807) is 0 Å². The van der Waals surface area contributed by atoms with Crippen molar-refractivity contribution in [2.75, 3.05) is 19.6 Å². The van der Waals surface area contributed by atoms with Crippen molar-refractivity contribution < 1.29 is 9.59 Å². The van der Waals surface area contributed by atoms with E-state index in [-0.39, 0.29) is 17.2 Å². The lowest BCUT2D eigenvalue weighted by molar-refractivity contribution is -0.119. The van der Waals surface area contributed by atoms with E-state index in [2.05, 4.69) is 5.32 Å². The average molecular weight is 278 g/mol. The molecule has 2 saturated heterocycles. The van der Waals surface area contributed by atoms with Crippen molar-refractivity contribution in [3.63, 3.8) is 0 Å². The van der Waals surface area contributed by atoms with Gasteiger partial charge in [-0.2, -0.15) is 0 Å². The number of hydrogen-bond acceptors (Lipinski definition) is 3. The van der Waals surface area contributed by atoms with Gasteiger partial charge in [0.1, 0.15) is 0 Å². The molecule has 1 spiro atoms. The molecule has 102 valence electrons. The molecule has 0 unspecified atom stereocenters. The maximum absolute atomic E-state index is 12.4. The Kier molecular flexibility index (Phi) is 3.09. The summed E-state index contributed by atoms with van der Waals surface area (Å²) >= 11 is 1.52. The lowest BCUT2D eigenvalue weighted by atomic mass is 9.77. The topological polar surface area (TPSA) is 49.4 Å². The summed E-state index contributed by atoms with van der Waals surface area (Å²) in [4.78, 5) is 26.6. The molecule has 2 aliphatic rings. The summed E-state index contributed by atoms with van der Waals surface area (Å²) in [7, 11) is 0. The fourth-order valence-electron chi connectivity index (χ4n) is 3.02. The van der Waals surface area contributed by atoms with Crippen molar-refractivity contribution in [2.45, 2.75) is 26.2 Å². The monoisotopic (exact) mass is 278 g/mol. The molecule has 3 heterocycles. The molecule has 5 heteroatoms. The molecule has 19 heavy (non-hydrogen) atoms. The van der Waals surface area contributed by atoms with Crippen LogP contribution in [0.1, 0.15) is 34.5 Å². The Morgan fingerprint density at radius 3 is 2.68 bits per heavy atom. The quantitative estimate of drug-likeness (QED) is 0.851. The Morgan fingerprint density at radius 2 is 2.16 bits per heavy atom. The van der Waals surface area contributed by atoms with Crippen LogP contribution < -0.4 is 5.32 Å². The first-order chi connectivity index (χ1) is 9.10. The average Bonchev–Trinajstić information content (AvgIpc) is 2.97. The molecular weight excluding hydrogens is 260 g/mol. The van der Waals surface area contributed by atoms with Gasteiger partial charge in [0.15, 0.2) is 0 Å². The molecule has 2 fully saturated rings. The number of carbonyl (C=O) groups is 2. The third-order valence-electron chi connectivity index (χ3n) is 4.36. The summed E-state index contributed by atoms with van der Waals surface area (Å²) in [6, 6.07) is 1.99. The first-order valence-corrected chi connectivity index (χ1v) is 7.58. The predicted molar refractivity (Wildman–Crippen MR) is 74.3 cm³/mol. The Bertz CT molecular complexity index is 515. The van der Waals surface area contributed by atoms with Crippen molar-refractivity contribution in [3.8, 4) is 0 Å². The number of likely N-dealkylation sites (tertiary alicyclic amines) is 1. The standard InChI is InChI=1S/C14H18N2O2S/c1-10-2-7-19-12(10)13(18)16-5-3-14(4-6-16)8-11(17)15-9-14/h2,7H,3-6,8-9H2,1H3,(H,15,17). The zero-order valence-electron chi connectivity index (χ0n) is 11.1. The highest BCUT2D eigenvalue weighted by Gasteiger charge is 2.41. The summed E-state index contributed by atoms with van der Waals surface area (Å²) in [6.45, 7) is 4.30. The number of carbonyl (C=O) groups excluding carboxylic acids is 2. The third kappa shape index (κ3) is 2.27. The molecule has 4 nitrogen and oxygen atoms in total. The Hall–Kier alpha value is -1.36. The fourth-order valence-corrected chi connectivity index (χ4v) is 3.92. The third-order valence-corrected chi connectivity index (χ3v) is 5.37. The molecule has 0 atom stereocenters. The number of thiophene rings is 1. The van der Waals surface area contributed by atoms with E-state index in [4.69, 9.17) is 0 Å². The lowest BCUT2D eigenvalue weighted by Gasteiger charge is -2.38. The summed E-state index contributed by atoms with van der Waals surface area (Å²) in [6.07, 6.45) is 2.50. The number of rotatable bonds is 1. The van der Waals surface area contributed by atoms with Crippen LogP contribution in [0, 0.1) is 12.3 Å². The smallest absolute Gasteiger partial charge is 0.264 e. The number of aryl methyl sites for hydroxylation is 1. The van der Waals surface area contributed by atoms with E-state index < -0.39 is 0 Å². The van der Waals surface area contributed by atoms with Crippen LogP contribution in [0.2, 0.25) is 0 Å². The van der Waals surface area contributed by atoms with Crippen molar-refractivity contribution in [3.05, 3.63) is 21.9 Å². The summed E-state index contributed by atoms with van der Waals surface area (Å²) in [5, 5.41) is 4.89. The van der Waals surface area contributed by atoms with Crippen LogP contribution in [0.25, 0.3) is 0 Å². The Morgan fingerprint density at radius 1 is 1.42 bits per heavy atom. The van der Waals surface area contributed by atoms with Crippen LogP contribution in [0.5, 0.6) is 0 Å². The molecule has 2 aliphatic heterocycles. The van der Waals surface area contributed by atoms with Gasteiger partial charge in [-0.25, -0.2) is 0 Å². The molecule has 2 amide bonds. The van der Waals surface area contributed by atoms with Crippen molar-refractivity contribution in [2.24, 2.45) is 5.41 Å². The molecular formula is C14H18N2O2S. The van der Waals surface area contributed by atoms with Gasteiger partial charge in [-0.1, -0.05) is 0 Å². The van der Waals surface area contributed by atoms with E-state index in [1.165, 1.54) is 11.3 Å². The number of nitrogens with zero attached hydrogens (tertiary/aromatic N) is 1. The second kappa shape index (κ2) is 4.63. The van der Waals surface area contributed by atoms with Crippen molar-refractivity contribution in [1.82, 2.24) is 10.2 Å². The Labute approximate surface area is 116 Å². The minimum absolute atomic E-state index is 0.109. The number of hydrogen-bond donors (Lipinski definition) is 1. The molecule has 0 aliphatic carbocycles. The SMILES string of the molecule is Cc1ccsc1C(=O)N1CCC2(CC1)CNC(=O)C2. The first-order valence-electron chi connectivity index (χ1n) is 6.70. The summed E-state index contributed by atoms with van der Waals surface area (Å²) < 4.78 is 0. The van der Waals surface area contributed by atoms with Crippen LogP contribution in [0.3, 0.4) is 0 Å². The van der Waals surface area contributed by atoms with Gasteiger partial charge in [0, 0.05) is 26.1 Å². The van der Waals surface area contributed by atoms with Gasteiger partial charge < -0.3 is 10.2 Å². The minimum atomic E-state index is 0.109. The molecule has 0 radical (unpaired) electrons. The maximum atomic E-state index is 12.4. The highest BCUT2D eigenvalue weighted by atomic mass is 32.1. The second-order valence-corrected chi connectivity index (χ2v) is 6.59. The van der Waals surface area contributed by atoms with Crippen LogP contribution in [-0.4, -0.2) is 36.3 Å². The van der Waals surface area contributed by atoms with E-state index in [0.717, 1.165) is 42.9 Å². The molecule has 0 bridgehead atoms. The highest BCUT2D eigenvalue weighted by Crippen LogP contribution is 2.38. The van der Waals surface area contributed by atoms with Gasteiger partial charge in [0.2, 0.25) is 5.91 Å². The van der Waals surface area contributed by atoms with Gasteiger partial charge in [0.25, 0.3) is 5.91 Å². The summed E-state index contributed by atoms with van der Waals surface area (Å²) in [5.74, 6) is 0.313. The molecule has 0 saturated carbocycles. The highest BCUT2D eigenvalue weighted by molar-refractivity contribution is 7.12. The number of amides is 2. The lowest BCUT2D eigenvalue weighted by Crippen LogP contribution is -2.43. The Balaban J connectivity index is 1.66. The van der Waals surface area contributed by atoms with Gasteiger partial charge in [-0.15, -0.1) is 11.3 Å². The number of nitrogens with one attached hydrogen (secondary N) is 1. The molecule has 0 aromatic carbocycles. The summed E-state index contributed by atoms with van der Waals surface area (Å²) in [5.41, 5.74) is 1.17. The second-order valence-electron chi connectivity index (χ2n) is 5.68. The van der Waals surface area contributed by atoms with Crippen molar-refractivity contribution >= 4 is 23.2 Å². The van der Waals surface area contributed by atoms with Gasteiger partial charge in [-0.05, 0) is 42.2 Å². The first kappa shape index (κ1) is 12.7. The minimum Gasteiger partial charge on any atom is -0.356 e. The van der Waals surface area contributed by atoms with E-state index in [9.17, 15) is 9.59 Å². The van der Waals surface area contributed by atoms with Crippen LogP contribution in [-0.2, 0) is 4.79 Å². The molecule has 3 rings (SSSR count). The predicted octanol–water partition coefficient (Wildman–Crippen LogP) is 1.80. The zero-order valence-corrected chi connectivity index (χ0v) is 11.9.